The highest BCUT2D eigenvalue weighted by Gasteiger charge is 2.32. The molecule has 124 valence electrons. The Morgan fingerprint density at radius 3 is 2.64 bits per heavy atom. The van der Waals surface area contributed by atoms with Crippen LogP contribution in [0.2, 0.25) is 0 Å². The van der Waals surface area contributed by atoms with Gasteiger partial charge in [0.1, 0.15) is 5.69 Å². The average molecular weight is 327 g/mol. The molecule has 1 aromatic heterocycles. The fourth-order valence-corrected chi connectivity index (χ4v) is 2.95. The number of piperidine rings is 1. The van der Waals surface area contributed by atoms with E-state index in [9.17, 15) is 4.79 Å². The highest BCUT2D eigenvalue weighted by atomic mass is 35.5. The molecule has 1 saturated heterocycles. The van der Waals surface area contributed by atoms with Gasteiger partial charge in [0.05, 0.1) is 5.54 Å². The van der Waals surface area contributed by atoms with Gasteiger partial charge in [-0.1, -0.05) is 0 Å². The predicted molar refractivity (Wildman–Crippen MR) is 89.8 cm³/mol. The second-order valence-corrected chi connectivity index (χ2v) is 7.33. The smallest absolute Gasteiger partial charge is 0.272 e. The van der Waals surface area contributed by atoms with E-state index in [-0.39, 0.29) is 29.9 Å². The zero-order chi connectivity index (χ0) is 15.0. The molecule has 1 aliphatic carbocycles. The number of amides is 1. The number of halogens is 1. The number of nitrogens with one attached hydrogen (secondary N) is 2. The number of rotatable bonds is 3. The zero-order valence-electron chi connectivity index (χ0n) is 13.7. The number of hydrogen-bond acceptors (Lipinski definition) is 3. The quantitative estimate of drug-likeness (QED) is 0.897. The largest absolute Gasteiger partial charge is 0.347 e. The maximum atomic E-state index is 12.4. The van der Waals surface area contributed by atoms with Crippen LogP contribution in [0.5, 0.6) is 0 Å². The summed E-state index contributed by atoms with van der Waals surface area (Å²) in [7, 11) is 0. The lowest BCUT2D eigenvalue weighted by atomic mass is 10.1. The fourth-order valence-electron chi connectivity index (χ4n) is 2.95. The summed E-state index contributed by atoms with van der Waals surface area (Å²) in [5.41, 5.74) is 1.70. The van der Waals surface area contributed by atoms with Gasteiger partial charge in [-0.05, 0) is 59.1 Å². The van der Waals surface area contributed by atoms with Gasteiger partial charge in [-0.15, -0.1) is 12.4 Å². The molecule has 0 radical (unpaired) electrons. The minimum absolute atomic E-state index is 0. The molecule has 1 atom stereocenters. The molecule has 1 aromatic rings. The first kappa shape index (κ1) is 17.3. The number of carbonyl (C=O) groups excluding carboxylic acids is 1. The molecule has 0 unspecified atom stereocenters. The lowest BCUT2D eigenvalue weighted by Gasteiger charge is -2.23. The van der Waals surface area contributed by atoms with Crippen molar-refractivity contribution in [2.75, 3.05) is 13.1 Å². The number of nitrogens with zero attached hydrogens (tertiary/aromatic N) is 2. The Hall–Kier alpha value is -1.07. The van der Waals surface area contributed by atoms with Gasteiger partial charge >= 0.3 is 0 Å². The van der Waals surface area contributed by atoms with Crippen LogP contribution in [0.25, 0.3) is 0 Å². The van der Waals surface area contributed by atoms with Crippen LogP contribution < -0.4 is 10.6 Å². The van der Waals surface area contributed by atoms with Gasteiger partial charge < -0.3 is 10.6 Å². The number of aromatic nitrogens is 2. The minimum Gasteiger partial charge on any atom is -0.347 e. The maximum Gasteiger partial charge on any atom is 0.272 e. The van der Waals surface area contributed by atoms with Crippen molar-refractivity contribution in [3.8, 4) is 0 Å². The van der Waals surface area contributed by atoms with Crippen molar-refractivity contribution in [2.24, 2.45) is 0 Å². The Morgan fingerprint density at radius 2 is 2.09 bits per heavy atom. The second-order valence-electron chi connectivity index (χ2n) is 7.33. The van der Waals surface area contributed by atoms with Crippen LogP contribution in [0.4, 0.5) is 0 Å². The third-order valence-electron chi connectivity index (χ3n) is 4.23. The number of hydrogen-bond donors (Lipinski definition) is 2. The molecule has 5 nitrogen and oxygen atoms in total. The Bertz CT molecular complexity index is 525. The molecule has 1 aliphatic heterocycles. The van der Waals surface area contributed by atoms with Crippen LogP contribution in [-0.2, 0) is 5.54 Å². The van der Waals surface area contributed by atoms with Gasteiger partial charge in [0.15, 0.2) is 0 Å². The van der Waals surface area contributed by atoms with Crippen LogP contribution in [-0.4, -0.2) is 34.8 Å². The van der Waals surface area contributed by atoms with Crippen molar-refractivity contribution >= 4 is 18.3 Å². The van der Waals surface area contributed by atoms with E-state index in [1.165, 1.54) is 18.5 Å². The van der Waals surface area contributed by atoms with Gasteiger partial charge in [0.2, 0.25) is 0 Å². The molecule has 0 bridgehead atoms. The average Bonchev–Trinajstić information content (AvgIpc) is 3.16. The van der Waals surface area contributed by atoms with Crippen molar-refractivity contribution in [1.29, 1.82) is 0 Å². The summed E-state index contributed by atoms with van der Waals surface area (Å²) in [5.74, 6) is 0.559. The molecule has 2 heterocycles. The van der Waals surface area contributed by atoms with E-state index in [1.807, 2.05) is 10.7 Å². The molecule has 0 spiro atoms. The molecule has 2 N–H and O–H groups in total. The molecule has 2 aliphatic rings. The minimum atomic E-state index is -0.0805. The molecular weight excluding hydrogens is 300 g/mol. The third-order valence-corrected chi connectivity index (χ3v) is 4.23. The molecular formula is C16H27ClN4O. The van der Waals surface area contributed by atoms with E-state index in [0.717, 1.165) is 25.9 Å². The maximum absolute atomic E-state index is 12.4. The van der Waals surface area contributed by atoms with Crippen molar-refractivity contribution in [2.45, 2.75) is 64.0 Å². The summed E-state index contributed by atoms with van der Waals surface area (Å²) in [4.78, 5) is 12.4. The summed E-state index contributed by atoms with van der Waals surface area (Å²) in [6.45, 7) is 8.33. The lowest BCUT2D eigenvalue weighted by Crippen LogP contribution is -2.45. The van der Waals surface area contributed by atoms with E-state index in [4.69, 9.17) is 0 Å². The first-order chi connectivity index (χ1) is 9.95. The normalized spacial score (nSPS) is 22.0. The van der Waals surface area contributed by atoms with E-state index in [0.29, 0.717) is 11.6 Å². The summed E-state index contributed by atoms with van der Waals surface area (Å²) in [5, 5.41) is 11.0. The molecule has 6 heteroatoms. The standard InChI is InChI=1S/C16H26N4O.ClH/c1-16(2,3)20-14(11-6-7-11)9-13(19-20)15(21)18-12-5-4-8-17-10-12;/h9,11-12,17H,4-8,10H2,1-3H3,(H,18,21);1H/t12-;/m0./s1. The van der Waals surface area contributed by atoms with Crippen LogP contribution in [0.15, 0.2) is 6.07 Å². The van der Waals surface area contributed by atoms with E-state index in [1.54, 1.807) is 0 Å². The van der Waals surface area contributed by atoms with Crippen LogP contribution in [0.1, 0.15) is 68.6 Å². The lowest BCUT2D eigenvalue weighted by molar-refractivity contribution is 0.0924. The molecule has 0 aromatic carbocycles. The molecule has 1 amide bonds. The van der Waals surface area contributed by atoms with E-state index >= 15 is 0 Å². The monoisotopic (exact) mass is 326 g/mol. The van der Waals surface area contributed by atoms with Crippen LogP contribution in [0, 0.1) is 0 Å². The summed E-state index contributed by atoms with van der Waals surface area (Å²) >= 11 is 0. The first-order valence-corrected chi connectivity index (χ1v) is 8.07. The predicted octanol–water partition coefficient (Wildman–Crippen LogP) is 2.42. The van der Waals surface area contributed by atoms with Gasteiger partial charge in [-0.2, -0.15) is 5.10 Å². The summed E-state index contributed by atoms with van der Waals surface area (Å²) in [6, 6.07) is 2.23. The topological polar surface area (TPSA) is 59.0 Å². The Labute approximate surface area is 138 Å². The molecule has 22 heavy (non-hydrogen) atoms. The third kappa shape index (κ3) is 3.82. The van der Waals surface area contributed by atoms with Crippen molar-refractivity contribution < 1.29 is 4.79 Å². The van der Waals surface area contributed by atoms with Gasteiger partial charge in [-0.25, -0.2) is 0 Å². The second kappa shape index (κ2) is 6.59. The van der Waals surface area contributed by atoms with Crippen molar-refractivity contribution in [3.63, 3.8) is 0 Å². The molecule has 1 saturated carbocycles. The van der Waals surface area contributed by atoms with Gasteiger partial charge in [0.25, 0.3) is 5.91 Å². The van der Waals surface area contributed by atoms with E-state index in [2.05, 4.69) is 36.5 Å². The van der Waals surface area contributed by atoms with Crippen LogP contribution >= 0.6 is 12.4 Å². The Balaban J connectivity index is 0.00000176. The highest BCUT2D eigenvalue weighted by molar-refractivity contribution is 5.92. The van der Waals surface area contributed by atoms with Crippen molar-refractivity contribution in [3.05, 3.63) is 17.5 Å². The van der Waals surface area contributed by atoms with Crippen molar-refractivity contribution in [1.82, 2.24) is 20.4 Å². The Morgan fingerprint density at radius 1 is 1.36 bits per heavy atom. The zero-order valence-corrected chi connectivity index (χ0v) is 14.5. The Kier molecular flexibility index (Phi) is 5.17. The summed E-state index contributed by atoms with van der Waals surface area (Å²) < 4.78 is 2.04. The fraction of sp³-hybridized carbons (Fsp3) is 0.750. The molecule has 3 rings (SSSR count). The van der Waals surface area contributed by atoms with Crippen LogP contribution in [0.3, 0.4) is 0 Å². The van der Waals surface area contributed by atoms with Gasteiger partial charge in [0, 0.05) is 24.2 Å². The first-order valence-electron chi connectivity index (χ1n) is 8.07. The SMILES string of the molecule is CC(C)(C)n1nc(C(=O)N[C@H]2CCCNC2)cc1C1CC1.Cl. The van der Waals surface area contributed by atoms with Gasteiger partial charge in [-0.3, -0.25) is 9.48 Å². The highest BCUT2D eigenvalue weighted by Crippen LogP contribution is 2.41. The molecule has 2 fully saturated rings. The number of carbonyl (C=O) groups is 1. The summed E-state index contributed by atoms with van der Waals surface area (Å²) in [6.07, 6.45) is 4.60. The van der Waals surface area contributed by atoms with E-state index < -0.39 is 0 Å².